The van der Waals surface area contributed by atoms with Gasteiger partial charge in [-0.3, -0.25) is 14.4 Å². The molecule has 0 atom stereocenters. The molecule has 1 N–H and O–H groups in total. The SMILES string of the molecule is CCN(CC(=O)NC(C)(C)C)C(=O)C1CCN(C(=O)c2ccc(F)cc2)CC1. The first kappa shape index (κ1) is 21.9. The molecule has 0 bridgehead atoms. The summed E-state index contributed by atoms with van der Waals surface area (Å²) >= 11 is 0. The van der Waals surface area contributed by atoms with Crippen molar-refractivity contribution in [2.45, 2.75) is 46.1 Å². The third-order valence-corrected chi connectivity index (χ3v) is 4.76. The summed E-state index contributed by atoms with van der Waals surface area (Å²) in [6, 6.07) is 5.49. The Hall–Kier alpha value is -2.44. The van der Waals surface area contributed by atoms with E-state index in [0.29, 0.717) is 38.0 Å². The Kier molecular flexibility index (Phi) is 7.16. The molecule has 7 heteroatoms. The van der Waals surface area contributed by atoms with Crippen LogP contribution in [0.4, 0.5) is 4.39 Å². The number of likely N-dealkylation sites (tertiary alicyclic amines) is 1. The predicted octanol–water partition coefficient (Wildman–Crippen LogP) is 2.44. The van der Waals surface area contributed by atoms with Crippen molar-refractivity contribution in [1.82, 2.24) is 15.1 Å². The van der Waals surface area contributed by atoms with Gasteiger partial charge in [-0.25, -0.2) is 4.39 Å². The molecule has 1 aliphatic rings. The number of hydrogen-bond acceptors (Lipinski definition) is 3. The van der Waals surface area contributed by atoms with Crippen LogP contribution in [0.3, 0.4) is 0 Å². The largest absolute Gasteiger partial charge is 0.350 e. The number of nitrogens with zero attached hydrogens (tertiary/aromatic N) is 2. The zero-order valence-electron chi connectivity index (χ0n) is 17.1. The number of benzene rings is 1. The van der Waals surface area contributed by atoms with Crippen LogP contribution in [0.2, 0.25) is 0 Å². The van der Waals surface area contributed by atoms with E-state index in [2.05, 4.69) is 5.32 Å². The molecule has 1 fully saturated rings. The maximum Gasteiger partial charge on any atom is 0.253 e. The molecule has 1 aliphatic heterocycles. The van der Waals surface area contributed by atoms with E-state index in [1.165, 1.54) is 24.3 Å². The van der Waals surface area contributed by atoms with Crippen molar-refractivity contribution in [3.8, 4) is 0 Å². The van der Waals surface area contributed by atoms with Crippen LogP contribution in [-0.2, 0) is 9.59 Å². The van der Waals surface area contributed by atoms with Crippen molar-refractivity contribution in [1.29, 1.82) is 0 Å². The van der Waals surface area contributed by atoms with Crippen molar-refractivity contribution in [2.75, 3.05) is 26.2 Å². The lowest BCUT2D eigenvalue weighted by Crippen LogP contribution is -2.49. The molecule has 1 saturated heterocycles. The molecule has 0 aromatic heterocycles. The Labute approximate surface area is 166 Å². The van der Waals surface area contributed by atoms with E-state index in [0.717, 1.165) is 0 Å². The Balaban J connectivity index is 1.90. The first-order chi connectivity index (χ1) is 13.1. The molecular weight excluding hydrogens is 361 g/mol. The number of piperidine rings is 1. The van der Waals surface area contributed by atoms with E-state index in [9.17, 15) is 18.8 Å². The highest BCUT2D eigenvalue weighted by atomic mass is 19.1. The van der Waals surface area contributed by atoms with Gasteiger partial charge in [-0.05, 0) is 64.8 Å². The van der Waals surface area contributed by atoms with Gasteiger partial charge in [0.2, 0.25) is 11.8 Å². The summed E-state index contributed by atoms with van der Waals surface area (Å²) in [4.78, 5) is 40.7. The molecule has 154 valence electrons. The zero-order valence-corrected chi connectivity index (χ0v) is 17.1. The number of carbonyl (C=O) groups excluding carboxylic acids is 3. The first-order valence-electron chi connectivity index (χ1n) is 9.75. The Morgan fingerprint density at radius 3 is 2.21 bits per heavy atom. The van der Waals surface area contributed by atoms with E-state index < -0.39 is 0 Å². The fraction of sp³-hybridized carbons (Fsp3) is 0.571. The van der Waals surface area contributed by atoms with E-state index in [1.807, 2.05) is 27.7 Å². The van der Waals surface area contributed by atoms with Crippen LogP contribution in [0.25, 0.3) is 0 Å². The predicted molar refractivity (Wildman–Crippen MR) is 105 cm³/mol. The Morgan fingerprint density at radius 1 is 1.14 bits per heavy atom. The molecule has 0 spiro atoms. The van der Waals surface area contributed by atoms with Crippen molar-refractivity contribution in [3.63, 3.8) is 0 Å². The zero-order chi connectivity index (χ0) is 20.9. The summed E-state index contributed by atoms with van der Waals surface area (Å²) in [6.45, 7) is 9.00. The second-order valence-corrected chi connectivity index (χ2v) is 8.22. The van der Waals surface area contributed by atoms with E-state index in [1.54, 1.807) is 9.80 Å². The van der Waals surface area contributed by atoms with Gasteiger partial charge in [0.05, 0.1) is 6.54 Å². The molecule has 0 aliphatic carbocycles. The molecule has 1 aromatic carbocycles. The average molecular weight is 391 g/mol. The molecule has 1 heterocycles. The fourth-order valence-electron chi connectivity index (χ4n) is 3.34. The van der Waals surface area contributed by atoms with Gasteiger partial charge in [-0.15, -0.1) is 0 Å². The summed E-state index contributed by atoms with van der Waals surface area (Å²) < 4.78 is 13.0. The highest BCUT2D eigenvalue weighted by Gasteiger charge is 2.31. The minimum absolute atomic E-state index is 0.0413. The standard InChI is InChI=1S/C21H30FN3O3/c1-5-24(14-18(26)23-21(2,3)4)19(27)16-10-12-25(13-11-16)20(28)15-6-8-17(22)9-7-15/h6-9,16H,5,10-14H2,1-4H3,(H,23,26). The summed E-state index contributed by atoms with van der Waals surface area (Å²) in [5, 5.41) is 2.87. The summed E-state index contributed by atoms with van der Waals surface area (Å²) in [5.74, 6) is -0.939. The van der Waals surface area contributed by atoms with Crippen LogP contribution < -0.4 is 5.32 Å². The number of carbonyl (C=O) groups is 3. The second-order valence-electron chi connectivity index (χ2n) is 8.22. The topological polar surface area (TPSA) is 69.7 Å². The highest BCUT2D eigenvalue weighted by Crippen LogP contribution is 2.21. The molecule has 2 rings (SSSR count). The molecule has 28 heavy (non-hydrogen) atoms. The van der Waals surface area contributed by atoms with Crippen molar-refractivity contribution < 1.29 is 18.8 Å². The number of nitrogens with one attached hydrogen (secondary N) is 1. The quantitative estimate of drug-likeness (QED) is 0.838. The van der Waals surface area contributed by atoms with Gasteiger partial charge in [0, 0.05) is 36.7 Å². The van der Waals surface area contributed by atoms with Gasteiger partial charge in [-0.1, -0.05) is 0 Å². The number of halogens is 1. The highest BCUT2D eigenvalue weighted by molar-refractivity contribution is 5.94. The first-order valence-corrected chi connectivity index (χ1v) is 9.75. The van der Waals surface area contributed by atoms with Crippen molar-refractivity contribution in [2.24, 2.45) is 5.92 Å². The second kappa shape index (κ2) is 9.17. The monoisotopic (exact) mass is 391 g/mol. The minimum atomic E-state index is -0.379. The van der Waals surface area contributed by atoms with Crippen LogP contribution in [0.5, 0.6) is 0 Å². The van der Waals surface area contributed by atoms with E-state index >= 15 is 0 Å². The Morgan fingerprint density at radius 2 is 1.71 bits per heavy atom. The molecule has 1 aromatic rings. The molecule has 6 nitrogen and oxygen atoms in total. The molecular formula is C21H30FN3O3. The van der Waals surface area contributed by atoms with E-state index in [4.69, 9.17) is 0 Å². The number of rotatable bonds is 5. The lowest BCUT2D eigenvalue weighted by molar-refractivity contribution is -0.140. The van der Waals surface area contributed by atoms with Crippen molar-refractivity contribution in [3.05, 3.63) is 35.6 Å². The van der Waals surface area contributed by atoms with Crippen LogP contribution >= 0.6 is 0 Å². The molecule has 0 unspecified atom stereocenters. The van der Waals surface area contributed by atoms with Crippen molar-refractivity contribution >= 4 is 17.7 Å². The van der Waals surface area contributed by atoms with Crippen LogP contribution in [0.1, 0.15) is 50.9 Å². The third kappa shape index (κ3) is 6.04. The van der Waals surface area contributed by atoms with Crippen LogP contribution in [0.15, 0.2) is 24.3 Å². The third-order valence-electron chi connectivity index (χ3n) is 4.76. The normalized spacial score (nSPS) is 15.2. The lowest BCUT2D eigenvalue weighted by atomic mass is 9.94. The molecule has 3 amide bonds. The van der Waals surface area contributed by atoms with Crippen LogP contribution in [-0.4, -0.2) is 59.2 Å². The Bertz CT molecular complexity index is 705. The maximum absolute atomic E-state index is 13.0. The summed E-state index contributed by atoms with van der Waals surface area (Å²) in [6.07, 6.45) is 1.12. The average Bonchev–Trinajstić information content (AvgIpc) is 2.64. The van der Waals surface area contributed by atoms with E-state index in [-0.39, 0.29) is 41.5 Å². The number of likely N-dealkylation sites (N-methyl/N-ethyl adjacent to an activating group) is 1. The van der Waals surface area contributed by atoms with Gasteiger partial charge >= 0.3 is 0 Å². The fourth-order valence-corrected chi connectivity index (χ4v) is 3.34. The van der Waals surface area contributed by atoms with Gasteiger partial charge in [-0.2, -0.15) is 0 Å². The minimum Gasteiger partial charge on any atom is -0.350 e. The van der Waals surface area contributed by atoms with Gasteiger partial charge < -0.3 is 15.1 Å². The van der Waals surface area contributed by atoms with Gasteiger partial charge in [0.1, 0.15) is 5.82 Å². The smallest absolute Gasteiger partial charge is 0.253 e. The van der Waals surface area contributed by atoms with Gasteiger partial charge in [0.15, 0.2) is 0 Å². The lowest BCUT2D eigenvalue weighted by Gasteiger charge is -2.34. The number of amides is 3. The van der Waals surface area contributed by atoms with Crippen LogP contribution in [0, 0.1) is 11.7 Å². The summed E-state index contributed by atoms with van der Waals surface area (Å²) in [5.41, 5.74) is 0.103. The summed E-state index contributed by atoms with van der Waals surface area (Å²) in [7, 11) is 0. The number of hydrogen-bond donors (Lipinski definition) is 1. The molecule has 0 radical (unpaired) electrons. The van der Waals surface area contributed by atoms with Gasteiger partial charge in [0.25, 0.3) is 5.91 Å². The maximum atomic E-state index is 13.0. The molecule has 0 saturated carbocycles.